The molecule has 0 saturated carbocycles. The van der Waals surface area contributed by atoms with E-state index in [0.717, 1.165) is 17.9 Å². The van der Waals surface area contributed by atoms with Gasteiger partial charge in [0.2, 0.25) is 10.0 Å². The summed E-state index contributed by atoms with van der Waals surface area (Å²) in [5.41, 5.74) is 6.18. The molecule has 5 nitrogen and oxygen atoms in total. The van der Waals surface area contributed by atoms with E-state index in [1.165, 1.54) is 6.07 Å². The SMILES string of the molecule is COCCN(C1CCSC1)S(=O)(=O)c1cc(N)ccc1Br. The van der Waals surface area contributed by atoms with Gasteiger partial charge < -0.3 is 10.5 Å². The normalized spacial score (nSPS) is 19.3. The van der Waals surface area contributed by atoms with Crippen molar-refractivity contribution < 1.29 is 13.2 Å². The van der Waals surface area contributed by atoms with E-state index in [2.05, 4.69) is 15.9 Å². The van der Waals surface area contributed by atoms with Crippen LogP contribution in [-0.4, -0.2) is 50.5 Å². The summed E-state index contributed by atoms with van der Waals surface area (Å²) in [6.45, 7) is 0.728. The van der Waals surface area contributed by atoms with E-state index in [-0.39, 0.29) is 10.9 Å². The minimum absolute atomic E-state index is 0.0171. The molecule has 0 radical (unpaired) electrons. The van der Waals surface area contributed by atoms with Crippen molar-refractivity contribution in [1.82, 2.24) is 4.31 Å². The summed E-state index contributed by atoms with van der Waals surface area (Å²) in [6.07, 6.45) is 0.869. The largest absolute Gasteiger partial charge is 0.399 e. The molecule has 1 aliphatic rings. The molecule has 118 valence electrons. The van der Waals surface area contributed by atoms with Crippen molar-refractivity contribution in [3.8, 4) is 0 Å². The number of hydrogen-bond acceptors (Lipinski definition) is 5. The van der Waals surface area contributed by atoms with E-state index in [1.54, 1.807) is 35.3 Å². The highest BCUT2D eigenvalue weighted by Crippen LogP contribution is 2.31. The van der Waals surface area contributed by atoms with E-state index >= 15 is 0 Å². The van der Waals surface area contributed by atoms with Gasteiger partial charge >= 0.3 is 0 Å². The second-order valence-electron chi connectivity index (χ2n) is 4.82. The Labute approximate surface area is 138 Å². The van der Waals surface area contributed by atoms with Crippen molar-refractivity contribution in [2.24, 2.45) is 0 Å². The van der Waals surface area contributed by atoms with Gasteiger partial charge in [-0.1, -0.05) is 0 Å². The van der Waals surface area contributed by atoms with Crippen LogP contribution >= 0.6 is 27.7 Å². The maximum atomic E-state index is 13.0. The second-order valence-corrected chi connectivity index (χ2v) is 8.68. The molecule has 2 N–H and O–H groups in total. The molecule has 0 aromatic heterocycles. The number of anilines is 1. The number of nitrogens with zero attached hydrogens (tertiary/aromatic N) is 1. The van der Waals surface area contributed by atoms with Crippen molar-refractivity contribution in [3.63, 3.8) is 0 Å². The number of nitrogen functional groups attached to an aromatic ring is 1. The average Bonchev–Trinajstić information content (AvgIpc) is 2.95. The number of hydrogen-bond donors (Lipinski definition) is 1. The predicted octanol–water partition coefficient (Wildman–Crippen LogP) is 2.17. The molecule has 21 heavy (non-hydrogen) atoms. The second kappa shape index (κ2) is 7.32. The summed E-state index contributed by atoms with van der Waals surface area (Å²) in [6, 6.07) is 4.86. The number of benzene rings is 1. The van der Waals surface area contributed by atoms with Crippen LogP contribution in [0.3, 0.4) is 0 Å². The molecule has 1 heterocycles. The molecule has 1 unspecified atom stereocenters. The molecule has 1 fully saturated rings. The van der Waals surface area contributed by atoms with Crippen LogP contribution < -0.4 is 5.73 Å². The maximum absolute atomic E-state index is 13.0. The molecule has 1 aromatic carbocycles. The van der Waals surface area contributed by atoms with Crippen molar-refractivity contribution in [3.05, 3.63) is 22.7 Å². The molecular weight excluding hydrogens is 376 g/mol. The Morgan fingerprint density at radius 1 is 1.52 bits per heavy atom. The first kappa shape index (κ1) is 17.1. The van der Waals surface area contributed by atoms with Crippen LogP contribution in [0.4, 0.5) is 5.69 Å². The fourth-order valence-electron chi connectivity index (χ4n) is 2.27. The topological polar surface area (TPSA) is 72.6 Å². The highest BCUT2D eigenvalue weighted by molar-refractivity contribution is 9.10. The minimum Gasteiger partial charge on any atom is -0.399 e. The Morgan fingerprint density at radius 2 is 2.29 bits per heavy atom. The molecule has 0 spiro atoms. The van der Waals surface area contributed by atoms with Crippen molar-refractivity contribution in [2.75, 3.05) is 37.5 Å². The Hall–Kier alpha value is -0.280. The molecule has 8 heteroatoms. The zero-order valence-corrected chi connectivity index (χ0v) is 15.0. The van der Waals surface area contributed by atoms with Gasteiger partial charge in [-0.05, 0) is 46.3 Å². The first-order valence-corrected chi connectivity index (χ1v) is 9.99. The van der Waals surface area contributed by atoms with Gasteiger partial charge in [0.1, 0.15) is 0 Å². The van der Waals surface area contributed by atoms with E-state index in [4.69, 9.17) is 10.5 Å². The van der Waals surface area contributed by atoms with Crippen LogP contribution in [-0.2, 0) is 14.8 Å². The Morgan fingerprint density at radius 3 is 2.90 bits per heavy atom. The molecule has 0 aliphatic carbocycles. The third-order valence-corrected chi connectivity index (χ3v) is 7.46. The number of ether oxygens (including phenoxy) is 1. The van der Waals surface area contributed by atoms with Crippen molar-refractivity contribution >= 4 is 43.4 Å². The summed E-state index contributed by atoms with van der Waals surface area (Å²) >= 11 is 5.09. The highest BCUT2D eigenvalue weighted by atomic mass is 79.9. The number of nitrogens with two attached hydrogens (primary N) is 1. The van der Waals surface area contributed by atoms with Gasteiger partial charge in [0, 0.05) is 35.6 Å². The van der Waals surface area contributed by atoms with Crippen LogP contribution in [0.15, 0.2) is 27.6 Å². The fourth-order valence-corrected chi connectivity index (χ4v) is 6.19. The molecule has 0 bridgehead atoms. The first-order chi connectivity index (χ1) is 9.96. The zero-order chi connectivity index (χ0) is 15.5. The Balaban J connectivity index is 2.38. The summed E-state index contributed by atoms with van der Waals surface area (Å²) in [7, 11) is -2.02. The summed E-state index contributed by atoms with van der Waals surface area (Å²) in [5, 5.41) is 0. The van der Waals surface area contributed by atoms with Gasteiger partial charge in [0.05, 0.1) is 11.5 Å². The Kier molecular flexibility index (Phi) is 5.96. The summed E-state index contributed by atoms with van der Waals surface area (Å²) in [5.74, 6) is 1.81. The van der Waals surface area contributed by atoms with Gasteiger partial charge in [-0.15, -0.1) is 0 Å². The van der Waals surface area contributed by atoms with E-state index in [0.29, 0.717) is 23.3 Å². The molecule has 1 atom stereocenters. The maximum Gasteiger partial charge on any atom is 0.244 e. The number of thioether (sulfide) groups is 1. The van der Waals surface area contributed by atoms with Crippen LogP contribution in [0.1, 0.15) is 6.42 Å². The standard InChI is InChI=1S/C13H19BrN2O3S2/c1-19-6-5-16(11-4-7-20-9-11)21(17,18)13-8-10(15)2-3-12(13)14/h2-3,8,11H,4-7,9,15H2,1H3. The van der Waals surface area contributed by atoms with E-state index in [9.17, 15) is 8.42 Å². The summed E-state index contributed by atoms with van der Waals surface area (Å²) < 4.78 is 33.1. The van der Waals surface area contributed by atoms with Gasteiger partial charge in [-0.25, -0.2) is 8.42 Å². The number of rotatable bonds is 6. The lowest BCUT2D eigenvalue weighted by molar-refractivity contribution is 0.169. The van der Waals surface area contributed by atoms with Gasteiger partial charge in [-0.2, -0.15) is 16.1 Å². The monoisotopic (exact) mass is 394 g/mol. The van der Waals surface area contributed by atoms with Crippen molar-refractivity contribution in [2.45, 2.75) is 17.4 Å². The van der Waals surface area contributed by atoms with Gasteiger partial charge in [-0.3, -0.25) is 0 Å². The molecular formula is C13H19BrN2O3S2. The van der Waals surface area contributed by atoms with Crippen LogP contribution in [0.25, 0.3) is 0 Å². The van der Waals surface area contributed by atoms with Crippen LogP contribution in [0.2, 0.25) is 0 Å². The lowest BCUT2D eigenvalue weighted by atomic mass is 10.3. The quantitative estimate of drug-likeness (QED) is 0.748. The predicted molar refractivity (Wildman–Crippen MR) is 90.1 cm³/mol. The molecule has 1 saturated heterocycles. The van der Waals surface area contributed by atoms with Gasteiger partial charge in [0.15, 0.2) is 0 Å². The lowest BCUT2D eigenvalue weighted by Gasteiger charge is -2.28. The number of methoxy groups -OCH3 is 1. The van der Waals surface area contributed by atoms with Crippen molar-refractivity contribution in [1.29, 1.82) is 0 Å². The molecule has 2 rings (SSSR count). The minimum atomic E-state index is -3.60. The smallest absolute Gasteiger partial charge is 0.244 e. The fraction of sp³-hybridized carbons (Fsp3) is 0.538. The number of sulfonamides is 1. The molecule has 1 aliphatic heterocycles. The van der Waals surface area contributed by atoms with Crippen LogP contribution in [0.5, 0.6) is 0 Å². The van der Waals surface area contributed by atoms with E-state index < -0.39 is 10.0 Å². The molecule has 1 aromatic rings. The van der Waals surface area contributed by atoms with E-state index in [1.807, 2.05) is 0 Å². The van der Waals surface area contributed by atoms with Gasteiger partial charge in [0.25, 0.3) is 0 Å². The van der Waals surface area contributed by atoms with Crippen LogP contribution in [0, 0.1) is 0 Å². The lowest BCUT2D eigenvalue weighted by Crippen LogP contribution is -2.42. The summed E-state index contributed by atoms with van der Waals surface area (Å²) in [4.78, 5) is 0.218. The average molecular weight is 395 g/mol. The third kappa shape index (κ3) is 3.92. The highest BCUT2D eigenvalue weighted by Gasteiger charge is 2.34. The number of halogens is 1. The zero-order valence-electron chi connectivity index (χ0n) is 11.8. The third-order valence-electron chi connectivity index (χ3n) is 3.37. The first-order valence-electron chi connectivity index (χ1n) is 6.60. The Bertz CT molecular complexity index is 589. The molecule has 0 amide bonds.